The highest BCUT2D eigenvalue weighted by molar-refractivity contribution is 4.85. The van der Waals surface area contributed by atoms with Crippen LogP contribution in [0.3, 0.4) is 0 Å². The summed E-state index contributed by atoms with van der Waals surface area (Å²) in [6.45, 7) is 0. The van der Waals surface area contributed by atoms with Gasteiger partial charge in [-0.3, -0.25) is 0 Å². The van der Waals surface area contributed by atoms with E-state index in [1.807, 2.05) is 0 Å². The van der Waals surface area contributed by atoms with Gasteiger partial charge in [-0.25, -0.2) is 0 Å². The second-order valence-corrected chi connectivity index (χ2v) is 3.03. The van der Waals surface area contributed by atoms with E-state index in [9.17, 15) is 0 Å². The van der Waals surface area contributed by atoms with Crippen LogP contribution < -0.4 is 0 Å². The molecule has 2 rings (SSSR count). The fourth-order valence-electron chi connectivity index (χ4n) is 2.04. The summed E-state index contributed by atoms with van der Waals surface area (Å²) in [5.74, 6) is 2.39. The first-order valence-corrected chi connectivity index (χ1v) is 3.47. The minimum Gasteiger partial charge on any atom is -0.0528 e. The van der Waals surface area contributed by atoms with Crippen LogP contribution in [0.1, 0.15) is 32.1 Å². The zero-order valence-corrected chi connectivity index (χ0v) is 4.69. The van der Waals surface area contributed by atoms with Gasteiger partial charge in [0.2, 0.25) is 0 Å². The van der Waals surface area contributed by atoms with Crippen molar-refractivity contribution >= 4 is 0 Å². The molecule has 2 atom stereocenters. The van der Waals surface area contributed by atoms with Crippen LogP contribution >= 0.6 is 0 Å². The number of hydrogen-bond acceptors (Lipinski definition) is 0. The summed E-state index contributed by atoms with van der Waals surface area (Å²) in [7, 11) is 0. The summed E-state index contributed by atoms with van der Waals surface area (Å²) in [6, 6.07) is 0. The standard InChI is InChI=1S/C7H12/c1-2-6-4-5-7(6)3-1/h6-7H,1-5H2. The molecule has 0 radical (unpaired) electrons. The minimum atomic E-state index is 1.19. The van der Waals surface area contributed by atoms with Crippen LogP contribution in [0.4, 0.5) is 0 Å². The van der Waals surface area contributed by atoms with Crippen LogP contribution in [0.2, 0.25) is 0 Å². The monoisotopic (exact) mass is 96.1 g/mol. The van der Waals surface area contributed by atoms with Crippen LogP contribution in [0.15, 0.2) is 0 Å². The molecule has 0 aromatic heterocycles. The van der Waals surface area contributed by atoms with Crippen LogP contribution in [0.25, 0.3) is 0 Å². The summed E-state index contributed by atoms with van der Waals surface area (Å²) >= 11 is 0. The van der Waals surface area contributed by atoms with Crippen molar-refractivity contribution in [1.82, 2.24) is 0 Å². The third kappa shape index (κ3) is 0.427. The molecule has 0 saturated heterocycles. The maximum absolute atomic E-state index is 1.56. The van der Waals surface area contributed by atoms with Crippen molar-refractivity contribution in [1.29, 1.82) is 0 Å². The van der Waals surface area contributed by atoms with Gasteiger partial charge in [0, 0.05) is 0 Å². The Hall–Kier alpha value is 0. The van der Waals surface area contributed by atoms with Crippen molar-refractivity contribution in [2.75, 3.05) is 0 Å². The van der Waals surface area contributed by atoms with Gasteiger partial charge in [-0.2, -0.15) is 0 Å². The van der Waals surface area contributed by atoms with Crippen molar-refractivity contribution in [2.24, 2.45) is 11.8 Å². The van der Waals surface area contributed by atoms with E-state index in [4.69, 9.17) is 0 Å². The Morgan fingerprint density at radius 1 is 0.714 bits per heavy atom. The molecule has 40 valence electrons. The fourth-order valence-corrected chi connectivity index (χ4v) is 2.04. The van der Waals surface area contributed by atoms with Crippen molar-refractivity contribution in [2.45, 2.75) is 32.1 Å². The van der Waals surface area contributed by atoms with Gasteiger partial charge in [0.15, 0.2) is 0 Å². The molecule has 2 saturated carbocycles. The van der Waals surface area contributed by atoms with Crippen LogP contribution in [-0.4, -0.2) is 0 Å². The topological polar surface area (TPSA) is 0 Å². The third-order valence-electron chi connectivity index (χ3n) is 2.72. The Kier molecular flexibility index (Phi) is 0.697. The molecule has 2 unspecified atom stereocenters. The van der Waals surface area contributed by atoms with Crippen LogP contribution in [-0.2, 0) is 0 Å². The number of fused-ring (bicyclic) bond motifs is 1. The lowest BCUT2D eigenvalue weighted by Crippen LogP contribution is -2.18. The maximum atomic E-state index is 1.56. The van der Waals surface area contributed by atoms with Gasteiger partial charge in [0.1, 0.15) is 0 Å². The van der Waals surface area contributed by atoms with E-state index < -0.39 is 0 Å². The van der Waals surface area contributed by atoms with E-state index in [1.165, 1.54) is 18.3 Å². The van der Waals surface area contributed by atoms with E-state index >= 15 is 0 Å². The van der Waals surface area contributed by atoms with E-state index in [2.05, 4.69) is 0 Å². The molecule has 7 heavy (non-hydrogen) atoms. The molecule has 0 N–H and O–H groups in total. The lowest BCUT2D eigenvalue weighted by Gasteiger charge is -2.29. The highest BCUT2D eigenvalue weighted by Crippen LogP contribution is 2.46. The molecule has 2 aliphatic rings. The average Bonchev–Trinajstić information content (AvgIpc) is 1.85. The molecule has 0 spiro atoms. The fraction of sp³-hybridized carbons (Fsp3) is 1.00. The smallest absolute Gasteiger partial charge is 0.0386 e. The van der Waals surface area contributed by atoms with Gasteiger partial charge in [-0.15, -0.1) is 0 Å². The summed E-state index contributed by atoms with van der Waals surface area (Å²) in [6.07, 6.45) is 7.78. The Balaban J connectivity index is 2.03. The Morgan fingerprint density at radius 2 is 1.29 bits per heavy atom. The van der Waals surface area contributed by atoms with Gasteiger partial charge < -0.3 is 0 Å². The molecule has 0 aliphatic heterocycles. The predicted molar refractivity (Wildman–Crippen MR) is 30.1 cm³/mol. The largest absolute Gasteiger partial charge is 0.0528 e. The molecule has 0 amide bonds. The van der Waals surface area contributed by atoms with Crippen molar-refractivity contribution < 1.29 is 0 Å². The summed E-state index contributed by atoms with van der Waals surface area (Å²) in [5, 5.41) is 0. The molecular weight excluding hydrogens is 84.1 g/mol. The molecule has 0 aromatic rings. The highest BCUT2D eigenvalue weighted by Gasteiger charge is 2.34. The molecular formula is C7H12. The lowest BCUT2D eigenvalue weighted by molar-refractivity contribution is 0.219. The van der Waals surface area contributed by atoms with Gasteiger partial charge in [-0.1, -0.05) is 19.3 Å². The van der Waals surface area contributed by atoms with Gasteiger partial charge in [0.05, 0.1) is 0 Å². The SMILES string of the molecule is C1CC2CCC2C1. The van der Waals surface area contributed by atoms with E-state index in [0.29, 0.717) is 0 Å². The first kappa shape index (κ1) is 3.94. The van der Waals surface area contributed by atoms with Crippen molar-refractivity contribution in [3.05, 3.63) is 0 Å². The molecule has 2 aliphatic carbocycles. The molecule has 0 heterocycles. The molecule has 0 nitrogen and oxygen atoms in total. The zero-order chi connectivity index (χ0) is 4.69. The Bertz CT molecular complexity index is 66.1. The molecule has 0 aromatic carbocycles. The number of rotatable bonds is 0. The maximum Gasteiger partial charge on any atom is -0.0386 e. The van der Waals surface area contributed by atoms with E-state index in [0.717, 1.165) is 0 Å². The van der Waals surface area contributed by atoms with Crippen LogP contribution in [0, 0.1) is 11.8 Å². The Labute approximate surface area is 44.9 Å². The van der Waals surface area contributed by atoms with Gasteiger partial charge in [-0.05, 0) is 24.7 Å². The lowest BCUT2D eigenvalue weighted by atomic mass is 9.77. The quantitative estimate of drug-likeness (QED) is 0.433. The highest BCUT2D eigenvalue weighted by atomic mass is 14.4. The minimum absolute atomic E-state index is 1.19. The van der Waals surface area contributed by atoms with E-state index in [-0.39, 0.29) is 0 Å². The summed E-state index contributed by atoms with van der Waals surface area (Å²) in [5.41, 5.74) is 0. The van der Waals surface area contributed by atoms with Crippen molar-refractivity contribution in [3.63, 3.8) is 0 Å². The molecule has 0 heteroatoms. The third-order valence-corrected chi connectivity index (χ3v) is 2.72. The molecule has 0 bridgehead atoms. The number of hydrogen-bond donors (Lipinski definition) is 0. The normalized spacial score (nSPS) is 48.0. The first-order chi connectivity index (χ1) is 3.47. The first-order valence-electron chi connectivity index (χ1n) is 3.47. The average molecular weight is 96.2 g/mol. The molecule has 2 fully saturated rings. The van der Waals surface area contributed by atoms with Gasteiger partial charge >= 0.3 is 0 Å². The van der Waals surface area contributed by atoms with Crippen molar-refractivity contribution in [3.8, 4) is 0 Å². The second kappa shape index (κ2) is 1.24. The van der Waals surface area contributed by atoms with Gasteiger partial charge in [0.25, 0.3) is 0 Å². The predicted octanol–water partition coefficient (Wildman–Crippen LogP) is 2.20. The zero-order valence-electron chi connectivity index (χ0n) is 4.69. The van der Waals surface area contributed by atoms with E-state index in [1.54, 1.807) is 25.7 Å². The summed E-state index contributed by atoms with van der Waals surface area (Å²) < 4.78 is 0. The second-order valence-electron chi connectivity index (χ2n) is 3.03. The van der Waals surface area contributed by atoms with Crippen LogP contribution in [0.5, 0.6) is 0 Å². The Morgan fingerprint density at radius 3 is 1.57 bits per heavy atom. The summed E-state index contributed by atoms with van der Waals surface area (Å²) in [4.78, 5) is 0.